The number of nitrogens with zero attached hydrogens (tertiary/aromatic N) is 2. The van der Waals surface area contributed by atoms with E-state index in [1.54, 1.807) is 0 Å². The lowest BCUT2D eigenvalue weighted by molar-refractivity contribution is 0.0851. The van der Waals surface area contributed by atoms with Gasteiger partial charge in [0, 0.05) is 34.1 Å². The lowest BCUT2D eigenvalue weighted by Crippen LogP contribution is -2.45. The summed E-state index contributed by atoms with van der Waals surface area (Å²) in [5.74, 6) is 0.922. The molecule has 1 aliphatic heterocycles. The minimum Gasteiger partial charge on any atom is -0.492 e. The Morgan fingerprint density at radius 3 is 2.50 bits per heavy atom. The second-order valence-electron chi connectivity index (χ2n) is 7.77. The van der Waals surface area contributed by atoms with Gasteiger partial charge in [-0.1, -0.05) is 28.4 Å². The summed E-state index contributed by atoms with van der Waals surface area (Å²) >= 11 is 3.51. The third-order valence-corrected chi connectivity index (χ3v) is 6.29. The summed E-state index contributed by atoms with van der Waals surface area (Å²) in [6.45, 7) is 6.39. The van der Waals surface area contributed by atoms with Gasteiger partial charge >= 0.3 is 0 Å². The van der Waals surface area contributed by atoms with Crippen LogP contribution in [0.15, 0.2) is 59.1 Å². The third kappa shape index (κ3) is 4.39. The van der Waals surface area contributed by atoms with Crippen LogP contribution in [0.25, 0.3) is 22.2 Å². The molecule has 0 saturated carbocycles. The lowest BCUT2D eigenvalue weighted by Gasteiger charge is -2.38. The zero-order chi connectivity index (χ0) is 19.5. The highest BCUT2D eigenvalue weighted by atomic mass is 79.9. The van der Waals surface area contributed by atoms with Gasteiger partial charge in [-0.25, -0.2) is 4.98 Å². The molecule has 3 nitrogen and oxygen atoms in total. The van der Waals surface area contributed by atoms with Crippen LogP contribution < -0.4 is 4.74 Å². The fourth-order valence-corrected chi connectivity index (χ4v) is 4.54. The highest BCUT2D eigenvalue weighted by Crippen LogP contribution is 2.26. The topological polar surface area (TPSA) is 25.4 Å². The Balaban J connectivity index is 1.39. The second kappa shape index (κ2) is 8.62. The molecule has 2 atom stereocenters. The molecule has 0 unspecified atom stereocenters. The van der Waals surface area contributed by atoms with Crippen molar-refractivity contribution in [2.45, 2.75) is 45.2 Å². The van der Waals surface area contributed by atoms with Gasteiger partial charge in [-0.05, 0) is 75.2 Å². The lowest BCUT2D eigenvalue weighted by atomic mass is 9.98. The Labute approximate surface area is 175 Å². The van der Waals surface area contributed by atoms with Crippen LogP contribution >= 0.6 is 15.9 Å². The number of fused-ring (bicyclic) bond motifs is 1. The summed E-state index contributed by atoms with van der Waals surface area (Å²) < 4.78 is 7.09. The van der Waals surface area contributed by atoms with Crippen molar-refractivity contribution in [2.24, 2.45) is 0 Å². The monoisotopic (exact) mass is 438 g/mol. The zero-order valence-corrected chi connectivity index (χ0v) is 18.2. The Hall–Kier alpha value is -1.91. The van der Waals surface area contributed by atoms with Gasteiger partial charge in [0.1, 0.15) is 12.4 Å². The standard InChI is InChI=1S/C24H27BrN2O/c1-17-4-3-5-18(2)27(17)14-15-28-22-10-6-19(7-11-22)23-12-8-20-16-21(25)9-13-24(20)26-23/h6-13,16-18H,3-5,14-15H2,1-2H3/t17-,18+. The molecule has 3 aromatic rings. The third-order valence-electron chi connectivity index (χ3n) is 5.80. The van der Waals surface area contributed by atoms with Crippen LogP contribution in [-0.2, 0) is 0 Å². The van der Waals surface area contributed by atoms with Crippen LogP contribution in [0.5, 0.6) is 5.75 Å². The van der Waals surface area contributed by atoms with Crippen molar-refractivity contribution in [3.05, 3.63) is 59.1 Å². The van der Waals surface area contributed by atoms with E-state index in [4.69, 9.17) is 9.72 Å². The fraction of sp³-hybridized carbons (Fsp3) is 0.375. The van der Waals surface area contributed by atoms with E-state index in [1.165, 1.54) is 19.3 Å². The van der Waals surface area contributed by atoms with Gasteiger partial charge in [0.25, 0.3) is 0 Å². The van der Waals surface area contributed by atoms with Crippen molar-refractivity contribution in [2.75, 3.05) is 13.2 Å². The molecule has 1 saturated heterocycles. The molecule has 0 spiro atoms. The van der Waals surface area contributed by atoms with Gasteiger partial charge in [-0.3, -0.25) is 4.90 Å². The van der Waals surface area contributed by atoms with Gasteiger partial charge < -0.3 is 4.74 Å². The van der Waals surface area contributed by atoms with Crippen LogP contribution in [0.2, 0.25) is 0 Å². The SMILES string of the molecule is C[C@@H]1CCC[C@H](C)N1CCOc1ccc(-c2ccc3cc(Br)ccc3n2)cc1. The quantitative estimate of drug-likeness (QED) is 0.466. The van der Waals surface area contributed by atoms with Crippen molar-refractivity contribution >= 4 is 26.8 Å². The van der Waals surface area contributed by atoms with E-state index < -0.39 is 0 Å². The molecule has 1 aliphatic rings. The average Bonchev–Trinajstić information content (AvgIpc) is 2.70. The van der Waals surface area contributed by atoms with Crippen molar-refractivity contribution in [1.82, 2.24) is 9.88 Å². The summed E-state index contributed by atoms with van der Waals surface area (Å²) in [5.41, 5.74) is 3.10. The Kier molecular flexibility index (Phi) is 5.98. The number of hydrogen-bond acceptors (Lipinski definition) is 3. The first-order chi connectivity index (χ1) is 13.6. The van der Waals surface area contributed by atoms with Gasteiger partial charge in [0.2, 0.25) is 0 Å². The molecule has 4 rings (SSSR count). The van der Waals surface area contributed by atoms with Crippen LogP contribution in [-0.4, -0.2) is 35.1 Å². The molecule has 1 fully saturated rings. The molecule has 2 heterocycles. The number of halogens is 1. The number of rotatable bonds is 5. The maximum absolute atomic E-state index is 6.01. The minimum absolute atomic E-state index is 0.661. The van der Waals surface area contributed by atoms with E-state index in [9.17, 15) is 0 Å². The Bertz CT molecular complexity index is 931. The highest BCUT2D eigenvalue weighted by Gasteiger charge is 2.24. The van der Waals surface area contributed by atoms with Crippen molar-refractivity contribution in [3.63, 3.8) is 0 Å². The summed E-state index contributed by atoms with van der Waals surface area (Å²) in [4.78, 5) is 7.37. The number of aromatic nitrogens is 1. The minimum atomic E-state index is 0.661. The van der Waals surface area contributed by atoms with Crippen LogP contribution in [0, 0.1) is 0 Å². The molecule has 0 aliphatic carbocycles. The number of benzene rings is 2. The molecule has 146 valence electrons. The fourth-order valence-electron chi connectivity index (χ4n) is 4.16. The molecule has 1 aromatic heterocycles. The maximum atomic E-state index is 6.01. The number of piperidine rings is 1. The van der Waals surface area contributed by atoms with E-state index in [0.29, 0.717) is 12.1 Å². The molecule has 4 heteroatoms. The van der Waals surface area contributed by atoms with E-state index in [-0.39, 0.29) is 0 Å². The smallest absolute Gasteiger partial charge is 0.119 e. The normalized spacial score (nSPS) is 20.4. The average molecular weight is 439 g/mol. The molecule has 0 bridgehead atoms. The first kappa shape index (κ1) is 19.4. The number of hydrogen-bond donors (Lipinski definition) is 0. The summed E-state index contributed by atoms with van der Waals surface area (Å²) in [7, 11) is 0. The maximum Gasteiger partial charge on any atom is 0.119 e. The predicted octanol–water partition coefficient (Wildman–Crippen LogP) is 6.31. The van der Waals surface area contributed by atoms with E-state index in [1.807, 2.05) is 24.3 Å². The summed E-state index contributed by atoms with van der Waals surface area (Å²) in [6, 6.07) is 20.0. The van der Waals surface area contributed by atoms with Crippen molar-refractivity contribution in [1.29, 1.82) is 0 Å². The Morgan fingerprint density at radius 2 is 1.75 bits per heavy atom. The number of likely N-dealkylation sites (tertiary alicyclic amines) is 1. The summed E-state index contributed by atoms with van der Waals surface area (Å²) in [5, 5.41) is 1.14. The first-order valence-corrected chi connectivity index (χ1v) is 10.9. The van der Waals surface area contributed by atoms with Gasteiger partial charge in [0.15, 0.2) is 0 Å². The highest BCUT2D eigenvalue weighted by molar-refractivity contribution is 9.10. The number of ether oxygens (including phenoxy) is 1. The molecule has 0 N–H and O–H groups in total. The number of pyridine rings is 1. The molecular weight excluding hydrogens is 412 g/mol. The van der Waals surface area contributed by atoms with Crippen LogP contribution in [0.1, 0.15) is 33.1 Å². The van der Waals surface area contributed by atoms with Gasteiger partial charge in [-0.15, -0.1) is 0 Å². The van der Waals surface area contributed by atoms with Crippen LogP contribution in [0.3, 0.4) is 0 Å². The molecule has 0 radical (unpaired) electrons. The van der Waals surface area contributed by atoms with E-state index in [0.717, 1.165) is 45.5 Å². The summed E-state index contributed by atoms with van der Waals surface area (Å²) in [6.07, 6.45) is 3.95. The van der Waals surface area contributed by atoms with E-state index in [2.05, 4.69) is 65.0 Å². The largest absolute Gasteiger partial charge is 0.492 e. The zero-order valence-electron chi connectivity index (χ0n) is 16.6. The second-order valence-corrected chi connectivity index (χ2v) is 8.69. The molecule has 2 aromatic carbocycles. The first-order valence-electron chi connectivity index (χ1n) is 10.2. The predicted molar refractivity (Wildman–Crippen MR) is 120 cm³/mol. The van der Waals surface area contributed by atoms with Gasteiger partial charge in [0.05, 0.1) is 11.2 Å². The molecule has 28 heavy (non-hydrogen) atoms. The van der Waals surface area contributed by atoms with Crippen molar-refractivity contribution < 1.29 is 4.74 Å². The molecular formula is C24H27BrN2O. The van der Waals surface area contributed by atoms with E-state index >= 15 is 0 Å². The van der Waals surface area contributed by atoms with Crippen molar-refractivity contribution in [3.8, 4) is 17.0 Å². The molecule has 0 amide bonds. The van der Waals surface area contributed by atoms with Crippen LogP contribution in [0.4, 0.5) is 0 Å². The van der Waals surface area contributed by atoms with Gasteiger partial charge in [-0.2, -0.15) is 0 Å². The Morgan fingerprint density at radius 1 is 1.00 bits per heavy atom.